The van der Waals surface area contributed by atoms with Crippen LogP contribution in [0.25, 0.3) is 0 Å². The molecular weight excluding hydrogens is 252 g/mol. The van der Waals surface area contributed by atoms with Gasteiger partial charge in [-0.3, -0.25) is 4.79 Å². The van der Waals surface area contributed by atoms with Crippen LogP contribution in [0.4, 0.5) is 0 Å². The summed E-state index contributed by atoms with van der Waals surface area (Å²) >= 11 is 0. The van der Waals surface area contributed by atoms with Crippen molar-refractivity contribution >= 4 is 5.91 Å². The molecular formula is C16H24N2O2. The van der Waals surface area contributed by atoms with Crippen LogP contribution in [-0.2, 0) is 4.79 Å². The SMILES string of the molecule is CCNC(CN1CCCCC1=O)c1cccc(OC)c1. The van der Waals surface area contributed by atoms with E-state index in [4.69, 9.17) is 4.74 Å². The minimum absolute atomic E-state index is 0.164. The van der Waals surface area contributed by atoms with Crippen molar-refractivity contribution in [3.8, 4) is 5.75 Å². The molecule has 1 atom stereocenters. The molecule has 2 rings (SSSR count). The first-order chi connectivity index (χ1) is 9.74. The molecule has 1 aromatic rings. The number of rotatable bonds is 6. The van der Waals surface area contributed by atoms with E-state index in [1.807, 2.05) is 23.1 Å². The first-order valence-corrected chi connectivity index (χ1v) is 7.39. The first kappa shape index (κ1) is 14.9. The molecule has 0 aromatic heterocycles. The molecule has 4 nitrogen and oxygen atoms in total. The summed E-state index contributed by atoms with van der Waals surface area (Å²) in [5.74, 6) is 1.14. The lowest BCUT2D eigenvalue weighted by molar-refractivity contribution is -0.133. The molecule has 4 heteroatoms. The van der Waals surface area contributed by atoms with Gasteiger partial charge < -0.3 is 15.0 Å². The number of methoxy groups -OCH3 is 1. The molecule has 1 N–H and O–H groups in total. The molecule has 1 aliphatic heterocycles. The number of carbonyl (C=O) groups is 1. The van der Waals surface area contributed by atoms with Crippen molar-refractivity contribution in [2.75, 3.05) is 26.7 Å². The molecule has 1 aromatic carbocycles. The number of nitrogens with zero attached hydrogens (tertiary/aromatic N) is 1. The standard InChI is InChI=1S/C16H24N2O2/c1-3-17-15(12-18-10-5-4-9-16(18)19)13-7-6-8-14(11-13)20-2/h6-8,11,15,17H,3-5,9-10,12H2,1-2H3. The number of nitrogens with one attached hydrogen (secondary N) is 1. The van der Waals surface area contributed by atoms with Crippen molar-refractivity contribution in [3.05, 3.63) is 29.8 Å². The second-order valence-corrected chi connectivity index (χ2v) is 5.18. The van der Waals surface area contributed by atoms with Gasteiger partial charge in [0.2, 0.25) is 5.91 Å². The van der Waals surface area contributed by atoms with Crippen LogP contribution in [0.3, 0.4) is 0 Å². The summed E-state index contributed by atoms with van der Waals surface area (Å²) in [6, 6.07) is 8.23. The van der Waals surface area contributed by atoms with Gasteiger partial charge in [0, 0.05) is 19.5 Å². The van der Waals surface area contributed by atoms with Gasteiger partial charge in [-0.05, 0) is 37.1 Å². The lowest BCUT2D eigenvalue weighted by atomic mass is 10.0. The van der Waals surface area contributed by atoms with Gasteiger partial charge in [0.25, 0.3) is 0 Å². The molecule has 0 aliphatic carbocycles. The zero-order valence-corrected chi connectivity index (χ0v) is 12.4. The van der Waals surface area contributed by atoms with Crippen molar-refractivity contribution < 1.29 is 9.53 Å². The Morgan fingerprint density at radius 1 is 1.40 bits per heavy atom. The van der Waals surface area contributed by atoms with Crippen molar-refractivity contribution in [1.29, 1.82) is 0 Å². The number of piperidine rings is 1. The molecule has 0 spiro atoms. The van der Waals surface area contributed by atoms with Crippen LogP contribution >= 0.6 is 0 Å². The van der Waals surface area contributed by atoms with Gasteiger partial charge in [0.1, 0.15) is 5.75 Å². The van der Waals surface area contributed by atoms with E-state index in [2.05, 4.69) is 18.3 Å². The van der Waals surface area contributed by atoms with Crippen LogP contribution in [0, 0.1) is 0 Å². The number of ether oxygens (including phenoxy) is 1. The number of hydrogen-bond donors (Lipinski definition) is 1. The van der Waals surface area contributed by atoms with Gasteiger partial charge in [0.05, 0.1) is 13.2 Å². The fourth-order valence-electron chi connectivity index (χ4n) is 2.67. The highest BCUT2D eigenvalue weighted by molar-refractivity contribution is 5.76. The number of hydrogen-bond acceptors (Lipinski definition) is 3. The normalized spacial score (nSPS) is 17.1. The third-order valence-corrected chi connectivity index (χ3v) is 3.77. The van der Waals surface area contributed by atoms with Crippen molar-refractivity contribution in [1.82, 2.24) is 10.2 Å². The van der Waals surface area contributed by atoms with Crippen molar-refractivity contribution in [2.24, 2.45) is 0 Å². The second-order valence-electron chi connectivity index (χ2n) is 5.18. The van der Waals surface area contributed by atoms with E-state index in [0.29, 0.717) is 6.42 Å². The van der Waals surface area contributed by atoms with E-state index in [1.165, 1.54) is 5.56 Å². The lowest BCUT2D eigenvalue weighted by Crippen LogP contribution is -2.41. The van der Waals surface area contributed by atoms with Gasteiger partial charge in [-0.15, -0.1) is 0 Å². The molecule has 1 amide bonds. The predicted molar refractivity (Wildman–Crippen MR) is 79.8 cm³/mol. The Hall–Kier alpha value is -1.55. The summed E-state index contributed by atoms with van der Waals surface area (Å²) in [5, 5.41) is 3.47. The fourth-order valence-corrected chi connectivity index (χ4v) is 2.67. The highest BCUT2D eigenvalue weighted by atomic mass is 16.5. The number of likely N-dealkylation sites (N-methyl/N-ethyl adjacent to an activating group) is 1. The molecule has 0 saturated carbocycles. The Kier molecular flexibility index (Phi) is 5.41. The monoisotopic (exact) mass is 276 g/mol. The van der Waals surface area contributed by atoms with Crippen LogP contribution < -0.4 is 10.1 Å². The summed E-state index contributed by atoms with van der Waals surface area (Å²) in [6.45, 7) is 4.58. The second kappa shape index (κ2) is 7.29. The van der Waals surface area contributed by atoms with Gasteiger partial charge in [-0.2, -0.15) is 0 Å². The van der Waals surface area contributed by atoms with Crippen LogP contribution in [-0.4, -0.2) is 37.6 Å². The summed E-state index contributed by atoms with van der Waals surface area (Å²) in [6.07, 6.45) is 2.83. The van der Waals surface area contributed by atoms with Crippen molar-refractivity contribution in [3.63, 3.8) is 0 Å². The Morgan fingerprint density at radius 3 is 2.95 bits per heavy atom. The largest absolute Gasteiger partial charge is 0.497 e. The lowest BCUT2D eigenvalue weighted by Gasteiger charge is -2.31. The van der Waals surface area contributed by atoms with Crippen LogP contribution in [0.2, 0.25) is 0 Å². The highest BCUT2D eigenvalue weighted by Crippen LogP contribution is 2.22. The molecule has 1 saturated heterocycles. The first-order valence-electron chi connectivity index (χ1n) is 7.39. The maximum Gasteiger partial charge on any atom is 0.222 e. The summed E-state index contributed by atoms with van der Waals surface area (Å²) in [7, 11) is 1.68. The van der Waals surface area contributed by atoms with Crippen molar-refractivity contribution in [2.45, 2.75) is 32.2 Å². The van der Waals surface area contributed by atoms with E-state index >= 15 is 0 Å². The third-order valence-electron chi connectivity index (χ3n) is 3.77. The van der Waals surface area contributed by atoms with Crippen LogP contribution in [0.5, 0.6) is 5.75 Å². The highest BCUT2D eigenvalue weighted by Gasteiger charge is 2.22. The van der Waals surface area contributed by atoms with E-state index < -0.39 is 0 Å². The number of amides is 1. The van der Waals surface area contributed by atoms with E-state index in [0.717, 1.165) is 38.2 Å². The zero-order chi connectivity index (χ0) is 14.4. The molecule has 0 radical (unpaired) electrons. The maximum atomic E-state index is 12.0. The topological polar surface area (TPSA) is 41.6 Å². The Morgan fingerprint density at radius 2 is 2.25 bits per heavy atom. The van der Waals surface area contributed by atoms with Gasteiger partial charge in [0.15, 0.2) is 0 Å². The Labute approximate surface area is 121 Å². The summed E-state index contributed by atoms with van der Waals surface area (Å²) in [4.78, 5) is 13.9. The molecule has 1 unspecified atom stereocenters. The molecule has 1 aliphatic rings. The minimum atomic E-state index is 0.164. The minimum Gasteiger partial charge on any atom is -0.497 e. The predicted octanol–water partition coefficient (Wildman–Crippen LogP) is 2.36. The average Bonchev–Trinajstić information content (AvgIpc) is 2.49. The number of benzene rings is 1. The van der Waals surface area contributed by atoms with Crippen LogP contribution in [0.15, 0.2) is 24.3 Å². The van der Waals surface area contributed by atoms with Gasteiger partial charge in [-0.25, -0.2) is 0 Å². The summed E-state index contributed by atoms with van der Waals surface area (Å²) < 4.78 is 5.29. The van der Waals surface area contributed by atoms with Crippen LogP contribution in [0.1, 0.15) is 37.8 Å². The van der Waals surface area contributed by atoms with Gasteiger partial charge >= 0.3 is 0 Å². The quantitative estimate of drug-likeness (QED) is 0.867. The molecule has 1 heterocycles. The number of carbonyl (C=O) groups excluding carboxylic acids is 1. The van der Waals surface area contributed by atoms with E-state index in [9.17, 15) is 4.79 Å². The average molecular weight is 276 g/mol. The Balaban J connectivity index is 2.10. The maximum absolute atomic E-state index is 12.0. The zero-order valence-electron chi connectivity index (χ0n) is 12.4. The van der Waals surface area contributed by atoms with Gasteiger partial charge in [-0.1, -0.05) is 19.1 Å². The molecule has 0 bridgehead atoms. The summed E-state index contributed by atoms with van der Waals surface area (Å²) in [5.41, 5.74) is 1.17. The smallest absolute Gasteiger partial charge is 0.222 e. The number of likely N-dealkylation sites (tertiary alicyclic amines) is 1. The van der Waals surface area contributed by atoms with E-state index in [-0.39, 0.29) is 11.9 Å². The van der Waals surface area contributed by atoms with E-state index in [1.54, 1.807) is 7.11 Å². The molecule has 110 valence electrons. The third kappa shape index (κ3) is 3.73. The molecule has 20 heavy (non-hydrogen) atoms. The fraction of sp³-hybridized carbons (Fsp3) is 0.562. The molecule has 1 fully saturated rings. The Bertz CT molecular complexity index is 448.